The molecule has 4 aliphatic heterocycles. The lowest BCUT2D eigenvalue weighted by Crippen LogP contribution is -2.52. The van der Waals surface area contributed by atoms with E-state index >= 15 is 0 Å². The van der Waals surface area contributed by atoms with Gasteiger partial charge in [-0.1, -0.05) is 45.9 Å². The first-order valence-corrected chi connectivity index (χ1v) is 22.2. The third kappa shape index (κ3) is 7.88. The summed E-state index contributed by atoms with van der Waals surface area (Å²) in [6.07, 6.45) is 9.18. The summed E-state index contributed by atoms with van der Waals surface area (Å²) in [4.78, 5) is 46.6. The van der Waals surface area contributed by atoms with Gasteiger partial charge in [-0.2, -0.15) is 0 Å². The van der Waals surface area contributed by atoms with Crippen LogP contribution in [0.1, 0.15) is 118 Å². The van der Waals surface area contributed by atoms with Crippen LogP contribution in [0.2, 0.25) is 0 Å². The highest BCUT2D eigenvalue weighted by Crippen LogP contribution is 2.56. The molecule has 3 amide bonds. The molecular weight excluding hydrogens is 723 g/mol. The lowest BCUT2D eigenvalue weighted by Gasteiger charge is -2.50. The summed E-state index contributed by atoms with van der Waals surface area (Å²) in [7, 11) is 0. The number of hydrogen-bond acceptors (Lipinski definition) is 7. The summed E-state index contributed by atoms with van der Waals surface area (Å²) in [6, 6.07) is 21.3. The Labute approximate surface area is 345 Å². The van der Waals surface area contributed by atoms with E-state index in [1.807, 2.05) is 18.2 Å². The van der Waals surface area contributed by atoms with Crippen molar-refractivity contribution in [3.8, 4) is 5.75 Å². The van der Waals surface area contributed by atoms with Crippen molar-refractivity contribution in [3.05, 3.63) is 88.5 Å². The van der Waals surface area contributed by atoms with E-state index in [9.17, 15) is 19.5 Å². The Bertz CT molecular complexity index is 2030. The highest BCUT2D eigenvalue weighted by atomic mass is 16.3. The zero-order valence-corrected chi connectivity index (χ0v) is 35.1. The second-order valence-corrected chi connectivity index (χ2v) is 20.3. The Kier molecular flexibility index (Phi) is 10.3. The van der Waals surface area contributed by atoms with Crippen LogP contribution >= 0.6 is 0 Å². The first-order chi connectivity index (χ1) is 27.8. The SMILES string of the molecule is CC1(C)CC([C@@H]2CCc3cc(O)ccc3[C@@H]2c2ccc(N3CCC(CN4CCN(c5ccc6c(c5)CN([C@H]5CCC(=O)NC5=O)C6=O)CC4)CC3)cc2)CC(C)(C)C1. The molecule has 3 aromatic rings. The molecule has 2 N–H and O–H groups in total. The van der Waals surface area contributed by atoms with E-state index in [4.69, 9.17) is 0 Å². The van der Waals surface area contributed by atoms with Crippen molar-refractivity contribution in [1.29, 1.82) is 0 Å². The number of rotatable bonds is 7. The molecule has 4 fully saturated rings. The van der Waals surface area contributed by atoms with Gasteiger partial charge in [0, 0.05) is 81.6 Å². The molecule has 9 nitrogen and oxygen atoms in total. The van der Waals surface area contributed by atoms with Crippen molar-refractivity contribution < 1.29 is 19.5 Å². The molecule has 0 bridgehead atoms. The number of aryl methyl sites for hydroxylation is 1. The number of imide groups is 1. The molecule has 3 saturated heterocycles. The molecule has 0 radical (unpaired) electrons. The van der Waals surface area contributed by atoms with Crippen molar-refractivity contribution in [2.75, 3.05) is 55.6 Å². The fourth-order valence-corrected chi connectivity index (χ4v) is 12.6. The fraction of sp³-hybridized carbons (Fsp3) is 0.571. The second kappa shape index (κ2) is 15.3. The molecule has 3 aromatic carbocycles. The van der Waals surface area contributed by atoms with E-state index in [2.05, 4.69) is 90.2 Å². The maximum atomic E-state index is 13.2. The van der Waals surface area contributed by atoms with Crippen molar-refractivity contribution in [1.82, 2.24) is 15.1 Å². The highest BCUT2D eigenvalue weighted by Gasteiger charge is 2.45. The Morgan fingerprint density at radius 3 is 2.12 bits per heavy atom. The number of piperazine rings is 1. The molecule has 0 unspecified atom stereocenters. The molecule has 0 aromatic heterocycles. The molecule has 9 rings (SSSR count). The largest absolute Gasteiger partial charge is 0.508 e. The summed E-state index contributed by atoms with van der Waals surface area (Å²) in [5.41, 5.74) is 9.00. The average Bonchev–Trinajstić information content (AvgIpc) is 3.51. The summed E-state index contributed by atoms with van der Waals surface area (Å²) >= 11 is 0. The molecular formula is C49H63N5O4. The number of phenolic OH excluding ortho intramolecular Hbond substituents is 1. The molecule has 3 atom stereocenters. The number of nitrogens with zero attached hydrogens (tertiary/aromatic N) is 4. The lowest BCUT2D eigenvalue weighted by atomic mass is 9.55. The van der Waals surface area contributed by atoms with Crippen LogP contribution in [-0.4, -0.2) is 84.5 Å². The smallest absolute Gasteiger partial charge is 0.255 e. The van der Waals surface area contributed by atoms with Gasteiger partial charge in [0.25, 0.3) is 5.91 Å². The first kappa shape index (κ1) is 39.1. The van der Waals surface area contributed by atoms with Gasteiger partial charge in [0.05, 0.1) is 0 Å². The maximum Gasteiger partial charge on any atom is 0.255 e. The molecule has 0 spiro atoms. The average molecular weight is 786 g/mol. The van der Waals surface area contributed by atoms with Gasteiger partial charge in [-0.3, -0.25) is 24.6 Å². The van der Waals surface area contributed by atoms with E-state index in [1.54, 1.807) is 4.90 Å². The van der Waals surface area contributed by atoms with Crippen LogP contribution in [0.3, 0.4) is 0 Å². The zero-order valence-electron chi connectivity index (χ0n) is 35.1. The number of carbonyl (C=O) groups excluding carboxylic acids is 3. The van der Waals surface area contributed by atoms with Crippen molar-refractivity contribution >= 4 is 29.1 Å². The molecule has 1 saturated carbocycles. The highest BCUT2D eigenvalue weighted by molar-refractivity contribution is 6.05. The molecule has 2 aliphatic carbocycles. The number of phenols is 1. The Hall–Kier alpha value is -4.37. The molecule has 4 heterocycles. The van der Waals surface area contributed by atoms with Gasteiger partial charge < -0.3 is 19.8 Å². The van der Waals surface area contributed by atoms with E-state index in [0.29, 0.717) is 58.8 Å². The van der Waals surface area contributed by atoms with Gasteiger partial charge >= 0.3 is 0 Å². The summed E-state index contributed by atoms with van der Waals surface area (Å²) < 4.78 is 0. The third-order valence-corrected chi connectivity index (χ3v) is 14.8. The van der Waals surface area contributed by atoms with Crippen LogP contribution in [0.4, 0.5) is 11.4 Å². The first-order valence-electron chi connectivity index (χ1n) is 22.2. The van der Waals surface area contributed by atoms with E-state index in [-0.39, 0.29) is 24.1 Å². The predicted octanol–water partition coefficient (Wildman–Crippen LogP) is 7.74. The van der Waals surface area contributed by atoms with Crippen LogP contribution in [-0.2, 0) is 22.6 Å². The number of anilines is 2. The standard InChI is InChI=1S/C49H63N5O4/c1-48(2)27-36(28-49(3,4)31-48)41-12-7-34-26-39(55)11-14-40(34)45(41)33-5-8-37(9-6-33)52-19-17-32(18-20-52)29-51-21-23-53(24-22-51)38-10-13-42-35(25-38)30-54(47(42)58)43-15-16-44(56)50-46(43)57/h5-6,8-11,13-14,25-26,32,36,41,43,45,55H,7,12,15-24,27-31H2,1-4H3,(H,50,56,57)/t41-,43-,45-/m0/s1. The van der Waals surface area contributed by atoms with Crippen LogP contribution < -0.4 is 15.1 Å². The minimum atomic E-state index is -0.584. The third-order valence-electron chi connectivity index (χ3n) is 14.8. The molecule has 58 heavy (non-hydrogen) atoms. The summed E-state index contributed by atoms with van der Waals surface area (Å²) in [5, 5.41) is 12.8. The van der Waals surface area contributed by atoms with Gasteiger partial charge in [0.1, 0.15) is 11.8 Å². The molecule has 308 valence electrons. The van der Waals surface area contributed by atoms with Gasteiger partial charge in [-0.25, -0.2) is 0 Å². The Morgan fingerprint density at radius 2 is 1.41 bits per heavy atom. The van der Waals surface area contributed by atoms with E-state index < -0.39 is 6.04 Å². The minimum absolute atomic E-state index is 0.117. The number of aromatic hydroxyl groups is 1. The Balaban J connectivity index is 0.789. The van der Waals surface area contributed by atoms with E-state index in [0.717, 1.165) is 63.5 Å². The van der Waals surface area contributed by atoms with Crippen LogP contribution in [0.5, 0.6) is 5.75 Å². The van der Waals surface area contributed by atoms with Crippen molar-refractivity contribution in [2.24, 2.45) is 28.6 Å². The van der Waals surface area contributed by atoms with Gasteiger partial charge in [-0.05, 0) is 145 Å². The van der Waals surface area contributed by atoms with Gasteiger partial charge in [-0.15, -0.1) is 0 Å². The van der Waals surface area contributed by atoms with Crippen LogP contribution in [0.25, 0.3) is 0 Å². The van der Waals surface area contributed by atoms with E-state index in [1.165, 1.54) is 60.9 Å². The van der Waals surface area contributed by atoms with Gasteiger partial charge in [0.2, 0.25) is 11.8 Å². The number of amides is 3. The fourth-order valence-electron chi connectivity index (χ4n) is 12.6. The Morgan fingerprint density at radius 1 is 0.724 bits per heavy atom. The van der Waals surface area contributed by atoms with Gasteiger partial charge in [0.15, 0.2) is 0 Å². The lowest BCUT2D eigenvalue weighted by molar-refractivity contribution is -0.136. The monoisotopic (exact) mass is 785 g/mol. The number of carbonyl (C=O) groups is 3. The summed E-state index contributed by atoms with van der Waals surface area (Å²) in [5.74, 6) is 2.00. The minimum Gasteiger partial charge on any atom is -0.508 e. The number of piperidine rings is 2. The van der Waals surface area contributed by atoms with Crippen molar-refractivity contribution in [2.45, 2.75) is 104 Å². The zero-order chi connectivity index (χ0) is 40.3. The van der Waals surface area contributed by atoms with Crippen LogP contribution in [0.15, 0.2) is 60.7 Å². The number of nitrogens with one attached hydrogen (secondary N) is 1. The number of benzene rings is 3. The number of hydrogen-bond donors (Lipinski definition) is 2. The molecule has 9 heteroatoms. The van der Waals surface area contributed by atoms with Crippen molar-refractivity contribution in [3.63, 3.8) is 0 Å². The predicted molar refractivity (Wildman–Crippen MR) is 229 cm³/mol. The topological polar surface area (TPSA) is 96.4 Å². The second-order valence-electron chi connectivity index (χ2n) is 20.3. The molecule has 6 aliphatic rings. The normalized spacial score (nSPS) is 26.7. The maximum absolute atomic E-state index is 13.2. The van der Waals surface area contributed by atoms with Crippen LogP contribution in [0, 0.1) is 28.6 Å². The quantitative estimate of drug-likeness (QED) is 0.237. The summed E-state index contributed by atoms with van der Waals surface area (Å²) in [6.45, 7) is 17.6. The number of fused-ring (bicyclic) bond motifs is 2.